The second-order valence-electron chi connectivity index (χ2n) is 6.58. The first kappa shape index (κ1) is 18.0. The number of hydrogen-bond acceptors (Lipinski definition) is 2. The summed E-state index contributed by atoms with van der Waals surface area (Å²) in [5.41, 5.74) is 2.45. The van der Waals surface area contributed by atoms with Crippen LogP contribution < -0.4 is 0 Å². The molecule has 0 radical (unpaired) electrons. The molecule has 0 N–H and O–H groups in total. The van der Waals surface area contributed by atoms with Gasteiger partial charge < -0.3 is 9.22 Å². The average molecular weight is 337 g/mol. The first-order valence-corrected chi connectivity index (χ1v) is 8.73. The Kier molecular flexibility index (Phi) is 6.67. The van der Waals surface area contributed by atoms with E-state index < -0.39 is 0 Å². The maximum absolute atomic E-state index is 11.8. The van der Waals surface area contributed by atoms with E-state index in [4.69, 9.17) is 16.3 Å². The zero-order valence-electron chi connectivity index (χ0n) is 14.2. The van der Waals surface area contributed by atoms with Crippen LogP contribution in [0.15, 0.2) is 35.9 Å². The van der Waals surface area contributed by atoms with Crippen molar-refractivity contribution < 1.29 is 14.0 Å². The summed E-state index contributed by atoms with van der Waals surface area (Å²) in [4.78, 5) is 11.8. The highest BCUT2D eigenvalue weighted by molar-refractivity contribution is 6.31. The molecule has 1 fully saturated rings. The van der Waals surface area contributed by atoms with Crippen LogP contribution in [0.4, 0.5) is 0 Å². The van der Waals surface area contributed by atoms with Gasteiger partial charge in [-0.3, -0.25) is 0 Å². The number of esters is 1. The average Bonchev–Trinajstić information content (AvgIpc) is 2.56. The van der Waals surface area contributed by atoms with Crippen molar-refractivity contribution in [3.63, 3.8) is 0 Å². The molecule has 0 spiro atoms. The van der Waals surface area contributed by atoms with Gasteiger partial charge in [-0.25, -0.2) is 4.79 Å². The summed E-state index contributed by atoms with van der Waals surface area (Å²) in [5.74, 6) is -0.107. The topological polar surface area (TPSA) is 26.3 Å². The Balaban J connectivity index is 2.04. The van der Waals surface area contributed by atoms with Crippen molar-refractivity contribution >= 4 is 17.6 Å². The fourth-order valence-electron chi connectivity index (χ4n) is 3.29. The van der Waals surface area contributed by atoms with Crippen molar-refractivity contribution in [3.8, 4) is 0 Å². The molecule has 1 aromatic rings. The molecular formula is C19H27ClNO2+. The molecule has 126 valence electrons. The molecule has 0 unspecified atom stereocenters. The lowest BCUT2D eigenvalue weighted by Crippen LogP contribution is -2.54. The number of methoxy groups -OCH3 is 1. The fraction of sp³-hybridized carbons (Fsp3) is 0.526. The Morgan fingerprint density at radius 3 is 2.61 bits per heavy atom. The number of quaternary nitrogens is 1. The van der Waals surface area contributed by atoms with Gasteiger partial charge in [0.25, 0.3) is 0 Å². The van der Waals surface area contributed by atoms with Crippen molar-refractivity contribution in [1.82, 2.24) is 0 Å². The molecular weight excluding hydrogens is 310 g/mol. The second kappa shape index (κ2) is 8.51. The first-order chi connectivity index (χ1) is 11.0. The number of halogens is 1. The van der Waals surface area contributed by atoms with Crippen LogP contribution in [0.3, 0.4) is 0 Å². The van der Waals surface area contributed by atoms with Gasteiger partial charge in [0.15, 0.2) is 6.54 Å². The number of likely N-dealkylation sites (tertiary alicyclic amines) is 1. The number of benzene rings is 1. The number of rotatable bonds is 6. The number of piperidine rings is 1. The third-order valence-electron chi connectivity index (χ3n) is 4.71. The maximum atomic E-state index is 11.8. The lowest BCUT2D eigenvalue weighted by molar-refractivity contribution is -0.920. The van der Waals surface area contributed by atoms with E-state index in [2.05, 4.69) is 19.1 Å². The molecule has 3 nitrogen and oxygen atoms in total. The van der Waals surface area contributed by atoms with Gasteiger partial charge in [-0.15, -0.1) is 0 Å². The standard InChI is InChI=1S/C19H27ClNO2/c1-16(14-17-8-4-5-9-18(17)20)10-13-21(15-19(22)23-2)11-6-3-7-12-21/h4-5,8-10H,3,6-7,11-15H2,1-2H3/q+1/b16-10+. The first-order valence-electron chi connectivity index (χ1n) is 8.36. The number of carbonyl (C=O) groups is 1. The number of nitrogens with zero attached hydrogens (tertiary/aromatic N) is 1. The molecule has 0 aliphatic carbocycles. The van der Waals surface area contributed by atoms with Crippen LogP contribution in [0.25, 0.3) is 0 Å². The lowest BCUT2D eigenvalue weighted by Gasteiger charge is -2.40. The molecule has 0 bridgehead atoms. The third kappa shape index (κ3) is 5.36. The van der Waals surface area contributed by atoms with Gasteiger partial charge in [0.2, 0.25) is 0 Å². The van der Waals surface area contributed by atoms with Crippen LogP contribution in [0.5, 0.6) is 0 Å². The summed E-state index contributed by atoms with van der Waals surface area (Å²) in [6.07, 6.45) is 6.78. The monoisotopic (exact) mass is 336 g/mol. The van der Waals surface area contributed by atoms with Gasteiger partial charge in [-0.05, 0) is 50.3 Å². The predicted octanol–water partition coefficient (Wildman–Crippen LogP) is 4.00. The molecule has 1 heterocycles. The molecule has 1 aliphatic rings. The van der Waals surface area contributed by atoms with E-state index in [1.54, 1.807) is 0 Å². The van der Waals surface area contributed by atoms with Crippen molar-refractivity contribution in [2.45, 2.75) is 32.6 Å². The van der Waals surface area contributed by atoms with E-state index in [1.165, 1.54) is 31.9 Å². The molecule has 0 saturated carbocycles. The van der Waals surface area contributed by atoms with E-state index in [0.29, 0.717) is 6.54 Å². The van der Waals surface area contributed by atoms with Crippen molar-refractivity contribution in [2.24, 2.45) is 0 Å². The van der Waals surface area contributed by atoms with Crippen LogP contribution in [-0.2, 0) is 16.0 Å². The highest BCUT2D eigenvalue weighted by Crippen LogP contribution is 2.21. The number of ether oxygens (including phenoxy) is 1. The van der Waals surface area contributed by atoms with Crippen LogP contribution in [0.1, 0.15) is 31.7 Å². The molecule has 0 amide bonds. The van der Waals surface area contributed by atoms with Crippen LogP contribution in [-0.4, -0.2) is 43.7 Å². The number of carbonyl (C=O) groups excluding carboxylic acids is 1. The molecule has 1 saturated heterocycles. The van der Waals surface area contributed by atoms with Gasteiger partial charge in [0.1, 0.15) is 0 Å². The quantitative estimate of drug-likeness (QED) is 0.446. The predicted molar refractivity (Wildman–Crippen MR) is 94.5 cm³/mol. The van der Waals surface area contributed by atoms with Crippen molar-refractivity contribution in [1.29, 1.82) is 0 Å². The Hall–Kier alpha value is -1.32. The van der Waals surface area contributed by atoms with Crippen LogP contribution >= 0.6 is 11.6 Å². The van der Waals surface area contributed by atoms with Gasteiger partial charge in [0, 0.05) is 5.02 Å². The minimum atomic E-state index is -0.107. The molecule has 2 rings (SSSR count). The molecule has 0 atom stereocenters. The zero-order chi connectivity index (χ0) is 16.7. The smallest absolute Gasteiger partial charge is 0.361 e. The molecule has 1 aromatic carbocycles. The fourth-order valence-corrected chi connectivity index (χ4v) is 3.49. The number of hydrogen-bond donors (Lipinski definition) is 0. The van der Waals surface area contributed by atoms with Crippen LogP contribution in [0.2, 0.25) is 5.02 Å². The van der Waals surface area contributed by atoms with Gasteiger partial charge in [-0.1, -0.05) is 35.4 Å². The maximum Gasteiger partial charge on any atom is 0.361 e. The van der Waals surface area contributed by atoms with E-state index in [1.807, 2.05) is 18.2 Å². The third-order valence-corrected chi connectivity index (χ3v) is 5.08. The molecule has 23 heavy (non-hydrogen) atoms. The summed E-state index contributed by atoms with van der Waals surface area (Å²) in [6, 6.07) is 7.97. The van der Waals surface area contributed by atoms with E-state index in [9.17, 15) is 4.79 Å². The Labute approximate surface area is 144 Å². The summed E-state index contributed by atoms with van der Waals surface area (Å²) >= 11 is 6.24. The molecule has 0 aromatic heterocycles. The van der Waals surface area contributed by atoms with Gasteiger partial charge in [0.05, 0.1) is 26.7 Å². The largest absolute Gasteiger partial charge is 0.465 e. The minimum absolute atomic E-state index is 0.107. The summed E-state index contributed by atoms with van der Waals surface area (Å²) in [7, 11) is 1.47. The van der Waals surface area contributed by atoms with Crippen molar-refractivity contribution in [2.75, 3.05) is 33.3 Å². The SMILES string of the molecule is COC(=O)C[N+]1(C/C=C(\C)Cc2ccccc2Cl)CCCCC1. The molecule has 4 heteroatoms. The summed E-state index contributed by atoms with van der Waals surface area (Å²) in [5, 5.41) is 0.816. The highest BCUT2D eigenvalue weighted by Gasteiger charge is 2.31. The Bertz CT molecular complexity index is 562. The Morgan fingerprint density at radius 1 is 1.26 bits per heavy atom. The van der Waals surface area contributed by atoms with Crippen molar-refractivity contribution in [3.05, 3.63) is 46.5 Å². The lowest BCUT2D eigenvalue weighted by atomic mass is 10.0. The molecule has 1 aliphatic heterocycles. The summed E-state index contributed by atoms with van der Waals surface area (Å²) < 4.78 is 5.73. The minimum Gasteiger partial charge on any atom is -0.465 e. The number of allylic oxidation sites excluding steroid dienone is 1. The highest BCUT2D eigenvalue weighted by atomic mass is 35.5. The van der Waals surface area contributed by atoms with E-state index >= 15 is 0 Å². The normalized spacial score (nSPS) is 17.8. The van der Waals surface area contributed by atoms with E-state index in [-0.39, 0.29) is 5.97 Å². The summed E-state index contributed by atoms with van der Waals surface area (Å²) in [6.45, 7) is 5.63. The van der Waals surface area contributed by atoms with E-state index in [0.717, 1.165) is 41.1 Å². The van der Waals surface area contributed by atoms with Gasteiger partial charge >= 0.3 is 5.97 Å². The van der Waals surface area contributed by atoms with Crippen LogP contribution in [0, 0.1) is 0 Å². The Morgan fingerprint density at radius 2 is 1.96 bits per heavy atom. The van der Waals surface area contributed by atoms with Gasteiger partial charge in [-0.2, -0.15) is 0 Å². The second-order valence-corrected chi connectivity index (χ2v) is 6.99. The zero-order valence-corrected chi connectivity index (χ0v) is 14.9.